The van der Waals surface area contributed by atoms with E-state index in [2.05, 4.69) is 5.10 Å². The van der Waals surface area contributed by atoms with Gasteiger partial charge in [0, 0.05) is 9.95 Å². The zero-order valence-electron chi connectivity index (χ0n) is 15.3. The van der Waals surface area contributed by atoms with Gasteiger partial charge in [0.2, 0.25) is 0 Å². The highest BCUT2D eigenvalue weighted by molar-refractivity contribution is 7.33. The van der Waals surface area contributed by atoms with Crippen LogP contribution in [0.3, 0.4) is 0 Å². The molecular formula is C18H17N3O8P+. The Morgan fingerprint density at radius 1 is 1.13 bits per heavy atom. The van der Waals surface area contributed by atoms with Crippen molar-refractivity contribution in [3.63, 3.8) is 0 Å². The van der Waals surface area contributed by atoms with E-state index >= 15 is 0 Å². The minimum absolute atomic E-state index is 0.365. The van der Waals surface area contributed by atoms with E-state index in [0.717, 1.165) is 17.0 Å². The Labute approximate surface area is 169 Å². The van der Waals surface area contributed by atoms with Gasteiger partial charge in [-0.25, -0.2) is 9.32 Å². The van der Waals surface area contributed by atoms with Crippen molar-refractivity contribution in [2.75, 3.05) is 6.61 Å². The SMILES string of the molecule is O=c1cnn(C2OC(CO[P+](=O)Oc3cccc4ccccc34)C(O)C2O)c(=O)[nH]1. The lowest BCUT2D eigenvalue weighted by molar-refractivity contribution is -0.0587. The van der Waals surface area contributed by atoms with Crippen LogP contribution in [0.2, 0.25) is 0 Å². The molecule has 1 aliphatic rings. The summed E-state index contributed by atoms with van der Waals surface area (Å²) in [6, 6.07) is 12.7. The second-order valence-electron chi connectivity index (χ2n) is 6.52. The average Bonchev–Trinajstić information content (AvgIpc) is 3.01. The van der Waals surface area contributed by atoms with E-state index in [1.165, 1.54) is 0 Å². The number of hydrogen-bond donors (Lipinski definition) is 3. The van der Waals surface area contributed by atoms with Crippen LogP contribution in [0.5, 0.6) is 5.75 Å². The van der Waals surface area contributed by atoms with Gasteiger partial charge in [-0.1, -0.05) is 36.4 Å². The first kappa shape index (κ1) is 20.3. The third-order valence-electron chi connectivity index (χ3n) is 4.58. The largest absolute Gasteiger partial charge is 0.750 e. The number of fused-ring (bicyclic) bond motifs is 1. The Hall–Kier alpha value is -2.95. The van der Waals surface area contributed by atoms with Crippen LogP contribution in [0.25, 0.3) is 10.8 Å². The Kier molecular flexibility index (Phi) is 5.71. The Balaban J connectivity index is 1.41. The number of aromatic amines is 1. The van der Waals surface area contributed by atoms with Crippen LogP contribution in [0.1, 0.15) is 6.23 Å². The summed E-state index contributed by atoms with van der Waals surface area (Å²) in [5, 5.41) is 25.6. The molecule has 12 heteroatoms. The number of aliphatic hydroxyl groups is 2. The maximum Gasteiger partial charge on any atom is 0.750 e. The van der Waals surface area contributed by atoms with Crippen LogP contribution in [-0.2, 0) is 13.8 Å². The smallest absolute Gasteiger partial charge is 0.387 e. The molecular weight excluding hydrogens is 417 g/mol. The monoisotopic (exact) mass is 434 g/mol. The molecule has 1 fully saturated rings. The maximum atomic E-state index is 12.2. The molecule has 0 saturated carbocycles. The molecule has 1 aromatic heterocycles. The third-order valence-corrected chi connectivity index (χ3v) is 5.29. The number of nitrogens with one attached hydrogen (secondary N) is 1. The third kappa shape index (κ3) is 4.02. The number of nitrogens with zero attached hydrogens (tertiary/aromatic N) is 2. The highest BCUT2D eigenvalue weighted by Gasteiger charge is 2.46. The second kappa shape index (κ2) is 8.42. The fourth-order valence-electron chi connectivity index (χ4n) is 3.13. The normalized spacial score (nSPS) is 24.1. The number of aliphatic hydroxyl groups excluding tert-OH is 2. The molecule has 3 N–H and O–H groups in total. The number of hydrogen-bond acceptors (Lipinski definition) is 9. The Morgan fingerprint density at radius 2 is 1.90 bits per heavy atom. The van der Waals surface area contributed by atoms with Gasteiger partial charge in [0.05, 0.1) is 0 Å². The molecule has 4 rings (SSSR count). The van der Waals surface area contributed by atoms with Crippen molar-refractivity contribution in [2.45, 2.75) is 24.5 Å². The van der Waals surface area contributed by atoms with Crippen LogP contribution < -0.4 is 15.8 Å². The van der Waals surface area contributed by atoms with Gasteiger partial charge in [0.1, 0.15) is 31.1 Å². The van der Waals surface area contributed by atoms with Crippen molar-refractivity contribution in [1.29, 1.82) is 0 Å². The molecule has 0 aliphatic carbocycles. The zero-order valence-corrected chi connectivity index (χ0v) is 16.2. The summed E-state index contributed by atoms with van der Waals surface area (Å²) in [5.41, 5.74) is -1.63. The summed E-state index contributed by atoms with van der Waals surface area (Å²) in [6.45, 7) is -0.382. The van der Waals surface area contributed by atoms with Crippen LogP contribution in [-0.4, -0.2) is 49.9 Å². The maximum absolute atomic E-state index is 12.2. The van der Waals surface area contributed by atoms with E-state index in [0.29, 0.717) is 10.4 Å². The Bertz CT molecular complexity index is 1190. The summed E-state index contributed by atoms with van der Waals surface area (Å²) in [4.78, 5) is 24.9. The first-order valence-electron chi connectivity index (χ1n) is 8.89. The number of H-pyrrole nitrogens is 1. The van der Waals surface area contributed by atoms with E-state index < -0.39 is 44.0 Å². The summed E-state index contributed by atoms with van der Waals surface area (Å²) in [5.74, 6) is 0.365. The zero-order chi connectivity index (χ0) is 21.3. The molecule has 30 heavy (non-hydrogen) atoms. The van der Waals surface area contributed by atoms with Gasteiger partial charge >= 0.3 is 13.9 Å². The number of benzene rings is 2. The average molecular weight is 434 g/mol. The molecule has 5 unspecified atom stereocenters. The van der Waals surface area contributed by atoms with Gasteiger partial charge in [0.25, 0.3) is 5.56 Å². The predicted molar refractivity (Wildman–Crippen MR) is 103 cm³/mol. The minimum atomic E-state index is -2.61. The molecule has 1 aliphatic heterocycles. The molecule has 1 saturated heterocycles. The van der Waals surface area contributed by atoms with Crippen molar-refractivity contribution in [3.8, 4) is 5.75 Å². The lowest BCUT2D eigenvalue weighted by Crippen LogP contribution is -2.39. The fourth-order valence-corrected chi connectivity index (χ4v) is 3.77. The number of rotatable bonds is 6. The van der Waals surface area contributed by atoms with Gasteiger partial charge < -0.3 is 14.9 Å². The van der Waals surface area contributed by atoms with Gasteiger partial charge in [-0.2, -0.15) is 9.78 Å². The van der Waals surface area contributed by atoms with Gasteiger partial charge in [-0.15, -0.1) is 4.52 Å². The molecule has 0 radical (unpaired) electrons. The number of aromatic nitrogens is 3. The highest BCUT2D eigenvalue weighted by atomic mass is 31.1. The van der Waals surface area contributed by atoms with Crippen molar-refractivity contribution in [2.24, 2.45) is 0 Å². The lowest BCUT2D eigenvalue weighted by Gasteiger charge is -2.14. The van der Waals surface area contributed by atoms with Crippen molar-refractivity contribution in [1.82, 2.24) is 14.8 Å². The van der Waals surface area contributed by atoms with Crippen molar-refractivity contribution >= 4 is 19.0 Å². The van der Waals surface area contributed by atoms with Crippen molar-refractivity contribution in [3.05, 3.63) is 69.5 Å². The molecule has 3 aromatic rings. The minimum Gasteiger partial charge on any atom is -0.387 e. The predicted octanol–water partition coefficient (Wildman–Crippen LogP) is 0.457. The van der Waals surface area contributed by atoms with E-state index in [-0.39, 0.29) is 6.61 Å². The van der Waals surface area contributed by atoms with Crippen LogP contribution in [0.4, 0.5) is 0 Å². The molecule has 2 aromatic carbocycles. The summed E-state index contributed by atoms with van der Waals surface area (Å²) < 4.78 is 28.9. The molecule has 0 spiro atoms. The number of ether oxygens (including phenoxy) is 1. The van der Waals surface area contributed by atoms with Gasteiger partial charge in [-0.3, -0.25) is 9.78 Å². The van der Waals surface area contributed by atoms with Gasteiger partial charge in [-0.05, 0) is 11.5 Å². The summed E-state index contributed by atoms with van der Waals surface area (Å²) in [6.07, 6.45) is -4.60. The highest BCUT2D eigenvalue weighted by Crippen LogP contribution is 2.35. The standard InChI is InChI=1S/C18H16N3O8P/c22-14-8-19-21(18(25)20-14)17-16(24)15(23)13(28-17)9-27-30(26)29-12-7-3-5-10-4-1-2-6-11(10)12/h1-8,13,15-17,23-24H,9H2/p+1. The fraction of sp³-hybridized carbons (Fsp3) is 0.278. The molecule has 0 amide bonds. The summed E-state index contributed by atoms with van der Waals surface area (Å²) in [7, 11) is -2.61. The summed E-state index contributed by atoms with van der Waals surface area (Å²) >= 11 is 0. The van der Waals surface area contributed by atoms with Crippen molar-refractivity contribution < 1.29 is 28.6 Å². The van der Waals surface area contributed by atoms with Crippen LogP contribution >= 0.6 is 8.25 Å². The lowest BCUT2D eigenvalue weighted by atomic mass is 10.1. The van der Waals surface area contributed by atoms with Crippen LogP contribution in [0.15, 0.2) is 58.3 Å². The van der Waals surface area contributed by atoms with E-state index in [4.69, 9.17) is 13.8 Å². The first-order valence-corrected chi connectivity index (χ1v) is 9.99. The van der Waals surface area contributed by atoms with Crippen LogP contribution in [0, 0.1) is 0 Å². The van der Waals surface area contributed by atoms with E-state index in [1.54, 1.807) is 12.1 Å². The topological polar surface area (TPSA) is 153 Å². The Morgan fingerprint density at radius 3 is 2.70 bits per heavy atom. The van der Waals surface area contributed by atoms with E-state index in [9.17, 15) is 24.4 Å². The van der Waals surface area contributed by atoms with Gasteiger partial charge in [0.15, 0.2) is 12.0 Å². The second-order valence-corrected chi connectivity index (χ2v) is 7.41. The molecule has 156 valence electrons. The first-order chi connectivity index (χ1) is 14.4. The molecule has 2 heterocycles. The molecule has 11 nitrogen and oxygen atoms in total. The quantitative estimate of drug-likeness (QED) is 0.470. The molecule has 5 atom stereocenters. The molecule has 0 bridgehead atoms. The van der Waals surface area contributed by atoms with E-state index in [1.807, 2.05) is 35.3 Å².